The highest BCUT2D eigenvalue weighted by Gasteiger charge is 2.28. The quantitative estimate of drug-likeness (QED) is 0.373. The first-order chi connectivity index (χ1) is 14.9. The normalized spacial score (nSPS) is 11.7. The SMILES string of the molecule is CCO[C@H](C(=O)NCc1ccc(C(=N)N)cc1)c1c(F)cc(-c2ccccc2)cc1F. The number of hydrogen-bond donors (Lipinski definition) is 3. The molecule has 5 nitrogen and oxygen atoms in total. The topological polar surface area (TPSA) is 88.2 Å². The number of carbonyl (C=O) groups is 1. The van der Waals surface area contributed by atoms with Gasteiger partial charge in [0.25, 0.3) is 5.91 Å². The van der Waals surface area contributed by atoms with Gasteiger partial charge in [-0.2, -0.15) is 0 Å². The van der Waals surface area contributed by atoms with E-state index in [1.807, 2.05) is 6.07 Å². The van der Waals surface area contributed by atoms with Crippen LogP contribution in [0.3, 0.4) is 0 Å². The lowest BCUT2D eigenvalue weighted by molar-refractivity contribution is -0.133. The van der Waals surface area contributed by atoms with Crippen molar-refractivity contribution in [3.05, 3.63) is 95.1 Å². The van der Waals surface area contributed by atoms with Gasteiger partial charge in [0, 0.05) is 18.7 Å². The molecule has 0 aliphatic carbocycles. The van der Waals surface area contributed by atoms with Crippen LogP contribution in [-0.4, -0.2) is 18.3 Å². The Morgan fingerprint density at radius 3 is 2.19 bits per heavy atom. The molecule has 160 valence electrons. The number of nitrogens with one attached hydrogen (secondary N) is 2. The molecule has 0 spiro atoms. The van der Waals surface area contributed by atoms with Crippen LogP contribution in [0.15, 0.2) is 66.7 Å². The minimum absolute atomic E-state index is 0.0584. The van der Waals surface area contributed by atoms with E-state index < -0.39 is 29.2 Å². The fourth-order valence-corrected chi connectivity index (χ4v) is 3.17. The summed E-state index contributed by atoms with van der Waals surface area (Å²) in [5.74, 6) is -2.41. The third-order valence-electron chi connectivity index (χ3n) is 4.75. The van der Waals surface area contributed by atoms with Gasteiger partial charge in [-0.3, -0.25) is 10.2 Å². The fraction of sp³-hybridized carbons (Fsp3) is 0.167. The summed E-state index contributed by atoms with van der Waals surface area (Å²) in [4.78, 5) is 12.7. The van der Waals surface area contributed by atoms with Crippen LogP contribution >= 0.6 is 0 Å². The van der Waals surface area contributed by atoms with E-state index in [1.165, 1.54) is 12.1 Å². The molecule has 3 aromatic rings. The summed E-state index contributed by atoms with van der Waals surface area (Å²) in [6.45, 7) is 1.88. The minimum atomic E-state index is -1.42. The van der Waals surface area contributed by atoms with Gasteiger partial charge >= 0.3 is 0 Å². The fourth-order valence-electron chi connectivity index (χ4n) is 3.17. The molecule has 3 aromatic carbocycles. The third-order valence-corrected chi connectivity index (χ3v) is 4.75. The van der Waals surface area contributed by atoms with Gasteiger partial charge in [0.1, 0.15) is 17.5 Å². The van der Waals surface area contributed by atoms with Crippen molar-refractivity contribution < 1.29 is 18.3 Å². The Morgan fingerprint density at radius 1 is 1.03 bits per heavy atom. The van der Waals surface area contributed by atoms with Crippen LogP contribution in [0.2, 0.25) is 0 Å². The summed E-state index contributed by atoms with van der Waals surface area (Å²) in [6, 6.07) is 18.0. The maximum atomic E-state index is 14.9. The average Bonchev–Trinajstić information content (AvgIpc) is 2.77. The van der Waals surface area contributed by atoms with Crippen molar-refractivity contribution in [2.75, 3.05) is 6.61 Å². The number of halogens is 2. The van der Waals surface area contributed by atoms with Gasteiger partial charge in [-0.1, -0.05) is 54.6 Å². The second kappa shape index (κ2) is 9.95. The van der Waals surface area contributed by atoms with Crippen LogP contribution in [0.1, 0.15) is 29.7 Å². The molecule has 0 aliphatic heterocycles. The molecule has 31 heavy (non-hydrogen) atoms. The van der Waals surface area contributed by atoms with Crippen molar-refractivity contribution in [3.8, 4) is 11.1 Å². The van der Waals surface area contributed by atoms with Crippen molar-refractivity contribution in [2.24, 2.45) is 5.73 Å². The second-order valence-electron chi connectivity index (χ2n) is 6.88. The molecule has 0 saturated carbocycles. The van der Waals surface area contributed by atoms with Gasteiger partial charge in [0.15, 0.2) is 6.10 Å². The minimum Gasteiger partial charge on any atom is -0.384 e. The lowest BCUT2D eigenvalue weighted by Crippen LogP contribution is -2.31. The van der Waals surface area contributed by atoms with Crippen LogP contribution in [0.4, 0.5) is 8.78 Å². The van der Waals surface area contributed by atoms with Crippen LogP contribution in [0.25, 0.3) is 11.1 Å². The van der Waals surface area contributed by atoms with Crippen molar-refractivity contribution in [3.63, 3.8) is 0 Å². The molecule has 4 N–H and O–H groups in total. The molecule has 0 bridgehead atoms. The zero-order chi connectivity index (χ0) is 22.4. The largest absolute Gasteiger partial charge is 0.384 e. The van der Waals surface area contributed by atoms with Gasteiger partial charge in [0.05, 0.1) is 5.56 Å². The van der Waals surface area contributed by atoms with Crippen LogP contribution in [-0.2, 0) is 16.1 Å². The molecule has 1 amide bonds. The molecule has 1 atom stereocenters. The van der Waals surface area contributed by atoms with Gasteiger partial charge in [0.2, 0.25) is 0 Å². The van der Waals surface area contributed by atoms with E-state index in [0.717, 1.165) is 5.56 Å². The van der Waals surface area contributed by atoms with Crippen molar-refractivity contribution in [2.45, 2.75) is 19.6 Å². The first-order valence-electron chi connectivity index (χ1n) is 9.77. The molecular formula is C24H23F2N3O2. The summed E-state index contributed by atoms with van der Waals surface area (Å²) in [5, 5.41) is 10.1. The maximum Gasteiger partial charge on any atom is 0.254 e. The highest BCUT2D eigenvalue weighted by atomic mass is 19.1. The number of carbonyl (C=O) groups excluding carboxylic acids is 1. The summed E-state index contributed by atoms with van der Waals surface area (Å²) in [7, 11) is 0. The molecular weight excluding hydrogens is 400 g/mol. The number of rotatable bonds is 8. The molecule has 0 saturated heterocycles. The number of benzene rings is 3. The first-order valence-corrected chi connectivity index (χ1v) is 9.77. The predicted octanol–water partition coefficient (Wildman–Crippen LogP) is 4.31. The average molecular weight is 423 g/mol. The molecule has 0 radical (unpaired) electrons. The van der Waals surface area contributed by atoms with Gasteiger partial charge in [-0.25, -0.2) is 8.78 Å². The number of ether oxygens (including phenoxy) is 1. The Bertz CT molecular complexity index is 1050. The number of amides is 1. The highest BCUT2D eigenvalue weighted by Crippen LogP contribution is 2.30. The first kappa shape index (κ1) is 22.1. The third kappa shape index (κ3) is 5.32. The number of nitrogens with two attached hydrogens (primary N) is 1. The molecule has 3 rings (SSSR count). The second-order valence-corrected chi connectivity index (χ2v) is 6.88. The van der Waals surface area contributed by atoms with Crippen LogP contribution in [0, 0.1) is 17.0 Å². The Hall–Kier alpha value is -3.58. The van der Waals surface area contributed by atoms with E-state index in [0.29, 0.717) is 16.7 Å². The van der Waals surface area contributed by atoms with Crippen molar-refractivity contribution in [1.82, 2.24) is 5.32 Å². The molecule has 0 unspecified atom stereocenters. The number of amidine groups is 1. The molecule has 0 aromatic heterocycles. The predicted molar refractivity (Wildman–Crippen MR) is 115 cm³/mol. The summed E-state index contributed by atoms with van der Waals surface area (Å²) >= 11 is 0. The monoisotopic (exact) mass is 423 g/mol. The standard InChI is InChI=1S/C24H23F2N3O2/c1-2-31-22(24(30)29-14-15-8-10-17(11-9-15)23(27)28)21-19(25)12-18(13-20(21)26)16-6-4-3-5-7-16/h3-13,22H,2,14H2,1H3,(H3,27,28)(H,29,30)/t22-/m0/s1. The van der Waals surface area contributed by atoms with E-state index in [9.17, 15) is 13.6 Å². The smallest absolute Gasteiger partial charge is 0.254 e. The summed E-state index contributed by atoms with van der Waals surface area (Å²) in [6.07, 6.45) is -1.42. The highest BCUT2D eigenvalue weighted by molar-refractivity contribution is 5.94. The number of hydrogen-bond acceptors (Lipinski definition) is 3. The van der Waals surface area contributed by atoms with Crippen molar-refractivity contribution >= 4 is 11.7 Å². The van der Waals surface area contributed by atoms with E-state index >= 15 is 0 Å². The lowest BCUT2D eigenvalue weighted by atomic mass is 10.00. The zero-order valence-electron chi connectivity index (χ0n) is 17.0. The maximum absolute atomic E-state index is 14.9. The van der Waals surface area contributed by atoms with Gasteiger partial charge in [-0.05, 0) is 35.7 Å². The molecule has 0 aliphatic rings. The van der Waals surface area contributed by atoms with Crippen LogP contribution < -0.4 is 11.1 Å². The molecule has 0 fully saturated rings. The van der Waals surface area contributed by atoms with E-state index in [-0.39, 0.29) is 19.0 Å². The Labute approximate surface area is 179 Å². The zero-order valence-corrected chi connectivity index (χ0v) is 17.0. The van der Waals surface area contributed by atoms with E-state index in [2.05, 4.69) is 5.32 Å². The van der Waals surface area contributed by atoms with E-state index in [4.69, 9.17) is 15.9 Å². The Morgan fingerprint density at radius 2 is 1.65 bits per heavy atom. The Kier molecular flexibility index (Phi) is 7.10. The Balaban J connectivity index is 1.80. The van der Waals surface area contributed by atoms with Crippen molar-refractivity contribution in [1.29, 1.82) is 5.41 Å². The van der Waals surface area contributed by atoms with Gasteiger partial charge < -0.3 is 15.8 Å². The van der Waals surface area contributed by atoms with Gasteiger partial charge in [-0.15, -0.1) is 0 Å². The molecule has 7 heteroatoms. The summed E-state index contributed by atoms with van der Waals surface area (Å²) in [5.41, 5.74) is 7.35. The molecule has 0 heterocycles. The lowest BCUT2D eigenvalue weighted by Gasteiger charge is -2.19. The number of nitrogen functional groups attached to an aromatic ring is 1. The van der Waals surface area contributed by atoms with E-state index in [1.54, 1.807) is 55.5 Å². The summed E-state index contributed by atoms with van der Waals surface area (Å²) < 4.78 is 35.2. The van der Waals surface area contributed by atoms with Crippen LogP contribution in [0.5, 0.6) is 0 Å².